The van der Waals surface area contributed by atoms with Gasteiger partial charge in [0.1, 0.15) is 12.1 Å². The van der Waals surface area contributed by atoms with Crippen molar-refractivity contribution < 1.29 is 28.7 Å². The summed E-state index contributed by atoms with van der Waals surface area (Å²) in [5, 5.41) is 8.83. The van der Waals surface area contributed by atoms with Gasteiger partial charge in [0.15, 0.2) is 0 Å². The lowest BCUT2D eigenvalue weighted by molar-refractivity contribution is -0.144. The summed E-state index contributed by atoms with van der Waals surface area (Å²) in [4.78, 5) is 68.1. The van der Waals surface area contributed by atoms with E-state index in [0.717, 1.165) is 24.0 Å². The number of nitrogens with zero attached hydrogens (tertiary/aromatic N) is 1. The van der Waals surface area contributed by atoms with Crippen molar-refractivity contribution in [2.24, 2.45) is 40.2 Å². The van der Waals surface area contributed by atoms with Gasteiger partial charge in [0.05, 0.1) is 18.7 Å². The molecule has 3 aliphatic carbocycles. The SMILES string of the molecule is COC[C@@H](NC(=O)N[C@H](C(=O)N1C[C@H]2[C@@H]([C@H]1C(=O)NC(CC1CC1)C(=O)C(N)=O)C2(C)C)C1Cc2ccccc2C1)C(C)(C)C. The van der Waals surface area contributed by atoms with Crippen LogP contribution in [0.4, 0.5) is 4.79 Å². The summed E-state index contributed by atoms with van der Waals surface area (Å²) in [6, 6.07) is 4.54. The van der Waals surface area contributed by atoms with E-state index in [-0.39, 0.29) is 46.5 Å². The van der Waals surface area contributed by atoms with Gasteiger partial charge in [0, 0.05) is 13.7 Å². The number of methoxy groups -OCH3 is 1. The van der Waals surface area contributed by atoms with E-state index in [0.29, 0.717) is 32.4 Å². The Balaban J connectivity index is 1.40. The van der Waals surface area contributed by atoms with Gasteiger partial charge in [-0.05, 0) is 64.9 Å². The molecule has 6 atom stereocenters. The summed E-state index contributed by atoms with van der Waals surface area (Å²) < 4.78 is 5.36. The number of fused-ring (bicyclic) bond motifs is 2. The van der Waals surface area contributed by atoms with Gasteiger partial charge in [-0.15, -0.1) is 0 Å². The Bertz CT molecular complexity index is 1330. The lowest BCUT2D eigenvalue weighted by Gasteiger charge is -2.36. The van der Waals surface area contributed by atoms with Gasteiger partial charge in [-0.2, -0.15) is 0 Å². The Labute approximate surface area is 265 Å². The topological polar surface area (TPSA) is 160 Å². The number of urea groups is 1. The van der Waals surface area contributed by atoms with Crippen LogP contribution in [0, 0.1) is 34.5 Å². The second-order valence-electron chi connectivity index (χ2n) is 15.3. The normalized spacial score (nSPS) is 25.4. The number of nitrogens with two attached hydrogens (primary N) is 1. The number of hydrogen-bond acceptors (Lipinski definition) is 6. The maximum absolute atomic E-state index is 14.6. The zero-order valence-electron chi connectivity index (χ0n) is 27.4. The van der Waals surface area contributed by atoms with Crippen LogP contribution in [0.3, 0.4) is 0 Å². The molecule has 1 saturated heterocycles. The zero-order chi connectivity index (χ0) is 32.8. The number of carbonyl (C=O) groups excluding carboxylic acids is 5. The van der Waals surface area contributed by atoms with E-state index in [9.17, 15) is 24.0 Å². The number of benzene rings is 1. The number of amides is 5. The van der Waals surface area contributed by atoms with Crippen LogP contribution in [-0.2, 0) is 36.8 Å². The van der Waals surface area contributed by atoms with E-state index >= 15 is 0 Å². The van der Waals surface area contributed by atoms with Crippen LogP contribution in [0.15, 0.2) is 24.3 Å². The summed E-state index contributed by atoms with van der Waals surface area (Å²) in [7, 11) is 1.58. The van der Waals surface area contributed by atoms with Gasteiger partial charge in [-0.1, -0.05) is 71.7 Å². The van der Waals surface area contributed by atoms with Gasteiger partial charge >= 0.3 is 6.03 Å². The van der Waals surface area contributed by atoms with E-state index in [1.807, 2.05) is 45.0 Å². The Morgan fingerprint density at radius 2 is 1.64 bits per heavy atom. The molecule has 11 nitrogen and oxygen atoms in total. The van der Waals surface area contributed by atoms with Crippen LogP contribution < -0.4 is 21.7 Å². The molecule has 5 N–H and O–H groups in total. The molecule has 4 aliphatic rings. The van der Waals surface area contributed by atoms with Crippen LogP contribution >= 0.6 is 0 Å². The highest BCUT2D eigenvalue weighted by Gasteiger charge is 2.70. The molecule has 1 unspecified atom stereocenters. The molecule has 3 fully saturated rings. The fourth-order valence-corrected chi connectivity index (χ4v) is 7.56. The minimum Gasteiger partial charge on any atom is -0.383 e. The summed E-state index contributed by atoms with van der Waals surface area (Å²) >= 11 is 0. The van der Waals surface area contributed by atoms with Crippen molar-refractivity contribution in [2.45, 2.75) is 90.9 Å². The van der Waals surface area contributed by atoms with Gasteiger partial charge in [-0.25, -0.2) is 4.79 Å². The number of ether oxygens (including phenoxy) is 1. The van der Waals surface area contributed by atoms with Crippen molar-refractivity contribution in [1.82, 2.24) is 20.9 Å². The molecule has 1 aliphatic heterocycles. The monoisotopic (exact) mass is 623 g/mol. The smallest absolute Gasteiger partial charge is 0.315 e. The third kappa shape index (κ3) is 6.88. The van der Waals surface area contributed by atoms with Gasteiger partial charge < -0.3 is 31.3 Å². The van der Waals surface area contributed by atoms with E-state index < -0.39 is 41.8 Å². The van der Waals surface area contributed by atoms with Crippen LogP contribution in [0.25, 0.3) is 0 Å². The second-order valence-corrected chi connectivity index (χ2v) is 15.3. The van der Waals surface area contributed by atoms with E-state index in [1.54, 1.807) is 12.0 Å². The summed E-state index contributed by atoms with van der Waals surface area (Å²) in [6.45, 7) is 10.9. The van der Waals surface area contributed by atoms with Gasteiger partial charge in [0.25, 0.3) is 5.91 Å². The molecule has 45 heavy (non-hydrogen) atoms. The van der Waals surface area contributed by atoms with Crippen molar-refractivity contribution in [2.75, 3.05) is 20.3 Å². The van der Waals surface area contributed by atoms with Crippen molar-refractivity contribution in [3.8, 4) is 0 Å². The van der Waals surface area contributed by atoms with Gasteiger partial charge in [0.2, 0.25) is 17.6 Å². The van der Waals surface area contributed by atoms with Crippen molar-refractivity contribution in [1.29, 1.82) is 0 Å². The third-order valence-corrected chi connectivity index (χ3v) is 10.7. The molecule has 1 aromatic carbocycles. The molecule has 1 heterocycles. The number of nitrogens with one attached hydrogen (secondary N) is 3. The first kappa shape index (κ1) is 32.9. The molecule has 1 aromatic rings. The lowest BCUT2D eigenvalue weighted by Crippen LogP contribution is -2.61. The maximum Gasteiger partial charge on any atom is 0.315 e. The highest BCUT2D eigenvalue weighted by Crippen LogP contribution is 2.65. The van der Waals surface area contributed by atoms with E-state index in [2.05, 4.69) is 29.8 Å². The summed E-state index contributed by atoms with van der Waals surface area (Å²) in [6.07, 6.45) is 3.46. The zero-order valence-corrected chi connectivity index (χ0v) is 27.4. The number of piperidine rings is 1. The highest BCUT2D eigenvalue weighted by molar-refractivity contribution is 6.37. The molecule has 5 amide bonds. The molecule has 11 heteroatoms. The molecule has 5 rings (SSSR count). The highest BCUT2D eigenvalue weighted by atomic mass is 16.5. The molecular weight excluding hydrogens is 574 g/mol. The number of Topliss-reactive ketones (excluding diaryl/α,β-unsaturated/α-hetero) is 1. The molecule has 0 spiro atoms. The minimum absolute atomic E-state index is 0.103. The number of likely N-dealkylation sites (tertiary alicyclic amines) is 1. The lowest BCUT2D eigenvalue weighted by atomic mass is 9.87. The average molecular weight is 624 g/mol. The molecule has 2 saturated carbocycles. The van der Waals surface area contributed by atoms with E-state index in [1.165, 1.54) is 0 Å². The molecule has 0 radical (unpaired) electrons. The average Bonchev–Trinajstić information content (AvgIpc) is 3.72. The maximum atomic E-state index is 14.6. The predicted molar refractivity (Wildman–Crippen MR) is 168 cm³/mol. The summed E-state index contributed by atoms with van der Waals surface area (Å²) in [5.74, 6) is -2.61. The molecule has 0 aromatic heterocycles. The largest absolute Gasteiger partial charge is 0.383 e. The number of hydrogen-bond donors (Lipinski definition) is 4. The van der Waals surface area contributed by atoms with Crippen LogP contribution in [-0.4, -0.2) is 78.9 Å². The number of ketones is 1. The van der Waals surface area contributed by atoms with Crippen LogP contribution in [0.5, 0.6) is 0 Å². The molecule has 0 bridgehead atoms. The fourth-order valence-electron chi connectivity index (χ4n) is 7.56. The number of carbonyl (C=O) groups is 5. The number of primary amides is 1. The van der Waals surface area contributed by atoms with Crippen molar-refractivity contribution >= 4 is 29.5 Å². The molecule has 246 valence electrons. The first-order valence-electron chi connectivity index (χ1n) is 16.2. The van der Waals surface area contributed by atoms with Crippen LogP contribution in [0.1, 0.15) is 65.0 Å². The van der Waals surface area contributed by atoms with Crippen LogP contribution in [0.2, 0.25) is 0 Å². The Morgan fingerprint density at radius 1 is 1.02 bits per heavy atom. The second kappa shape index (κ2) is 12.4. The quantitative estimate of drug-likeness (QED) is 0.261. The molecular formula is C34H49N5O6. The van der Waals surface area contributed by atoms with Crippen molar-refractivity contribution in [3.63, 3.8) is 0 Å². The number of rotatable bonds is 12. The van der Waals surface area contributed by atoms with Gasteiger partial charge in [-0.3, -0.25) is 19.2 Å². The first-order valence-corrected chi connectivity index (χ1v) is 16.2. The first-order chi connectivity index (χ1) is 21.1. The Hall–Kier alpha value is -3.47. The Kier molecular flexibility index (Phi) is 9.05. The third-order valence-electron chi connectivity index (χ3n) is 10.7. The predicted octanol–water partition coefficient (Wildman–Crippen LogP) is 1.95. The minimum atomic E-state index is -1.08. The standard InChI is InChI=1S/C34H49N5O6/c1-33(2,3)24(17-45-6)37-32(44)38-26(21-14-19-9-7-8-10-20(19)15-21)31(43)39-16-22-25(34(22,4)5)27(39)30(42)36-23(13-18-11-12-18)28(40)29(35)41/h7-10,18,21-27H,11-17H2,1-6H3,(H2,35,41)(H,36,42)(H2,37,38,44)/t22-,23?,24+,25-,26-,27-/m0/s1. The van der Waals surface area contributed by atoms with E-state index in [4.69, 9.17) is 10.5 Å². The Morgan fingerprint density at radius 3 is 2.18 bits per heavy atom. The summed E-state index contributed by atoms with van der Waals surface area (Å²) in [5.41, 5.74) is 7.16. The van der Waals surface area contributed by atoms with Crippen molar-refractivity contribution in [3.05, 3.63) is 35.4 Å². The fraction of sp³-hybridized carbons (Fsp3) is 0.676.